The Bertz CT molecular complexity index is 795. The first-order chi connectivity index (χ1) is 12.0. The molecule has 26 heavy (non-hydrogen) atoms. The number of carbonyl (C=O) groups excluding carboxylic acids is 2. The van der Waals surface area contributed by atoms with Crippen LogP contribution in [0.15, 0.2) is 29.8 Å². The van der Waals surface area contributed by atoms with E-state index < -0.39 is 0 Å². The van der Waals surface area contributed by atoms with Crippen LogP contribution in [0.5, 0.6) is 0 Å². The van der Waals surface area contributed by atoms with Gasteiger partial charge in [0.05, 0.1) is 11.1 Å². The standard InChI is InChI=1S/C20H28N4O2/c1-19(2)11-13(20(3,4)22-19)12-23(5)8-9-24-17(25)15-7-6-14(21)10-16(15)18(24)26/h6-7,10-11,22H,8-9,12,21H2,1-5H3. The minimum Gasteiger partial charge on any atom is -0.399 e. The Kier molecular flexibility index (Phi) is 4.45. The molecule has 2 heterocycles. The number of nitrogen functional groups attached to an aromatic ring is 1. The van der Waals surface area contributed by atoms with E-state index in [0.29, 0.717) is 29.9 Å². The van der Waals surface area contributed by atoms with Crippen molar-refractivity contribution in [3.63, 3.8) is 0 Å². The summed E-state index contributed by atoms with van der Waals surface area (Å²) in [4.78, 5) is 28.5. The van der Waals surface area contributed by atoms with Crippen molar-refractivity contribution in [3.05, 3.63) is 41.0 Å². The summed E-state index contributed by atoms with van der Waals surface area (Å²) in [5, 5.41) is 3.60. The lowest BCUT2D eigenvalue weighted by atomic mass is 9.96. The van der Waals surface area contributed by atoms with Gasteiger partial charge in [-0.15, -0.1) is 0 Å². The van der Waals surface area contributed by atoms with Crippen molar-refractivity contribution in [1.82, 2.24) is 15.1 Å². The Balaban J connectivity index is 1.63. The molecule has 3 N–H and O–H groups in total. The number of amides is 2. The average molecular weight is 356 g/mol. The lowest BCUT2D eigenvalue weighted by Crippen LogP contribution is -2.47. The van der Waals surface area contributed by atoms with Crippen molar-refractivity contribution in [2.24, 2.45) is 0 Å². The average Bonchev–Trinajstić information content (AvgIpc) is 2.87. The van der Waals surface area contributed by atoms with Crippen LogP contribution in [0, 0.1) is 0 Å². The predicted molar refractivity (Wildman–Crippen MR) is 103 cm³/mol. The van der Waals surface area contributed by atoms with Gasteiger partial charge in [-0.25, -0.2) is 0 Å². The number of likely N-dealkylation sites (N-methyl/N-ethyl adjacent to an activating group) is 1. The minimum absolute atomic E-state index is 0.0257. The summed E-state index contributed by atoms with van der Waals surface area (Å²) in [6, 6.07) is 4.87. The molecule has 0 atom stereocenters. The third-order valence-corrected chi connectivity index (χ3v) is 5.11. The van der Waals surface area contributed by atoms with Gasteiger partial charge in [-0.05, 0) is 58.5 Å². The monoisotopic (exact) mass is 356 g/mol. The van der Waals surface area contributed by atoms with Gasteiger partial charge in [0.2, 0.25) is 0 Å². The summed E-state index contributed by atoms with van der Waals surface area (Å²) in [6.07, 6.45) is 2.27. The molecule has 0 unspecified atom stereocenters. The van der Waals surface area contributed by atoms with Gasteiger partial charge in [0.1, 0.15) is 0 Å². The van der Waals surface area contributed by atoms with Crippen LogP contribution in [-0.2, 0) is 0 Å². The van der Waals surface area contributed by atoms with Gasteiger partial charge in [-0.2, -0.15) is 0 Å². The Labute approximate surface area is 155 Å². The third kappa shape index (κ3) is 3.39. The molecular formula is C20H28N4O2. The fraction of sp³-hybridized carbons (Fsp3) is 0.500. The Morgan fingerprint density at radius 3 is 2.38 bits per heavy atom. The number of nitrogens with two attached hydrogens (primary N) is 1. The summed E-state index contributed by atoms with van der Waals surface area (Å²) >= 11 is 0. The molecule has 3 rings (SSSR count). The Morgan fingerprint density at radius 2 is 1.77 bits per heavy atom. The van der Waals surface area contributed by atoms with Crippen molar-refractivity contribution in [3.8, 4) is 0 Å². The van der Waals surface area contributed by atoms with E-state index in [0.717, 1.165) is 6.54 Å². The van der Waals surface area contributed by atoms with Gasteiger partial charge in [0.25, 0.3) is 11.8 Å². The van der Waals surface area contributed by atoms with Crippen molar-refractivity contribution in [1.29, 1.82) is 0 Å². The molecule has 0 saturated heterocycles. The number of anilines is 1. The normalized spacial score (nSPS) is 20.7. The van der Waals surface area contributed by atoms with Crippen molar-refractivity contribution in [2.75, 3.05) is 32.4 Å². The van der Waals surface area contributed by atoms with Gasteiger partial charge in [0, 0.05) is 36.4 Å². The number of fused-ring (bicyclic) bond motifs is 1. The molecule has 0 saturated carbocycles. The van der Waals surface area contributed by atoms with E-state index in [1.807, 2.05) is 7.05 Å². The van der Waals surface area contributed by atoms with Crippen molar-refractivity contribution >= 4 is 17.5 Å². The number of hydrogen-bond donors (Lipinski definition) is 2. The van der Waals surface area contributed by atoms with Crippen LogP contribution in [0.4, 0.5) is 5.69 Å². The van der Waals surface area contributed by atoms with E-state index in [1.54, 1.807) is 18.2 Å². The number of nitrogens with zero attached hydrogens (tertiary/aromatic N) is 2. The summed E-state index contributed by atoms with van der Waals surface area (Å²) in [7, 11) is 2.01. The molecule has 2 amide bonds. The molecule has 0 fully saturated rings. The molecule has 2 aliphatic heterocycles. The molecule has 0 aromatic heterocycles. The topological polar surface area (TPSA) is 78.7 Å². The van der Waals surface area contributed by atoms with Crippen LogP contribution in [0.1, 0.15) is 48.4 Å². The van der Waals surface area contributed by atoms with E-state index in [1.165, 1.54) is 10.5 Å². The van der Waals surface area contributed by atoms with Gasteiger partial charge in [-0.1, -0.05) is 6.08 Å². The van der Waals surface area contributed by atoms with E-state index in [4.69, 9.17) is 5.73 Å². The van der Waals surface area contributed by atoms with Gasteiger partial charge in [-0.3, -0.25) is 19.8 Å². The SMILES string of the molecule is CN(CCN1C(=O)c2ccc(N)cc2C1=O)CC1=CC(C)(C)NC1(C)C. The number of benzene rings is 1. The van der Waals surface area contributed by atoms with Crippen LogP contribution in [0.2, 0.25) is 0 Å². The highest BCUT2D eigenvalue weighted by Gasteiger charge is 2.38. The maximum Gasteiger partial charge on any atom is 0.261 e. The lowest BCUT2D eigenvalue weighted by Gasteiger charge is -2.30. The second-order valence-electron chi connectivity index (χ2n) is 8.45. The lowest BCUT2D eigenvalue weighted by molar-refractivity contribution is 0.0642. The predicted octanol–water partition coefficient (Wildman–Crippen LogP) is 1.88. The first kappa shape index (κ1) is 18.6. The molecule has 1 aromatic rings. The first-order valence-corrected chi connectivity index (χ1v) is 8.96. The zero-order chi connectivity index (χ0) is 19.3. The first-order valence-electron chi connectivity index (χ1n) is 8.96. The smallest absolute Gasteiger partial charge is 0.261 e. The third-order valence-electron chi connectivity index (χ3n) is 5.11. The zero-order valence-electron chi connectivity index (χ0n) is 16.2. The molecular weight excluding hydrogens is 328 g/mol. The molecule has 1 aromatic carbocycles. The highest BCUT2D eigenvalue weighted by atomic mass is 16.2. The van der Waals surface area contributed by atoms with Crippen LogP contribution in [0.25, 0.3) is 0 Å². The van der Waals surface area contributed by atoms with Crippen LogP contribution < -0.4 is 11.1 Å². The highest BCUT2D eigenvalue weighted by molar-refractivity contribution is 6.21. The maximum atomic E-state index is 12.5. The molecule has 2 aliphatic rings. The summed E-state index contributed by atoms with van der Waals surface area (Å²) in [6.45, 7) is 10.5. The van der Waals surface area contributed by atoms with Gasteiger partial charge >= 0.3 is 0 Å². The number of rotatable bonds is 5. The second-order valence-corrected chi connectivity index (χ2v) is 8.45. The van der Waals surface area contributed by atoms with E-state index >= 15 is 0 Å². The Hall–Kier alpha value is -2.18. The highest BCUT2D eigenvalue weighted by Crippen LogP contribution is 2.30. The number of hydrogen-bond acceptors (Lipinski definition) is 5. The van der Waals surface area contributed by atoms with E-state index in [9.17, 15) is 9.59 Å². The van der Waals surface area contributed by atoms with Crippen LogP contribution in [0.3, 0.4) is 0 Å². The molecule has 140 valence electrons. The number of carbonyl (C=O) groups is 2. The van der Waals surface area contributed by atoms with Crippen molar-refractivity contribution in [2.45, 2.75) is 38.8 Å². The molecule has 6 heteroatoms. The molecule has 0 aliphatic carbocycles. The summed E-state index contributed by atoms with van der Waals surface area (Å²) in [5.41, 5.74) is 8.31. The van der Waals surface area contributed by atoms with Crippen LogP contribution in [-0.4, -0.2) is 59.4 Å². The Morgan fingerprint density at radius 1 is 1.12 bits per heavy atom. The van der Waals surface area contributed by atoms with Crippen LogP contribution >= 0.6 is 0 Å². The summed E-state index contributed by atoms with van der Waals surface area (Å²) < 4.78 is 0. The van der Waals surface area contributed by atoms with Gasteiger partial charge < -0.3 is 10.6 Å². The van der Waals surface area contributed by atoms with Crippen molar-refractivity contribution < 1.29 is 9.59 Å². The van der Waals surface area contributed by atoms with Gasteiger partial charge in [0.15, 0.2) is 0 Å². The number of nitrogens with one attached hydrogen (secondary N) is 1. The fourth-order valence-corrected chi connectivity index (χ4v) is 3.93. The van der Waals surface area contributed by atoms with E-state index in [2.05, 4.69) is 44.0 Å². The molecule has 0 radical (unpaired) electrons. The minimum atomic E-state index is -0.256. The quantitative estimate of drug-likeness (QED) is 0.478. The molecule has 6 nitrogen and oxygen atoms in total. The zero-order valence-corrected chi connectivity index (χ0v) is 16.2. The largest absolute Gasteiger partial charge is 0.399 e. The number of imide groups is 1. The molecule has 0 bridgehead atoms. The van der Waals surface area contributed by atoms with E-state index in [-0.39, 0.29) is 22.9 Å². The molecule has 0 spiro atoms. The maximum absolute atomic E-state index is 12.5. The fourth-order valence-electron chi connectivity index (χ4n) is 3.93. The second kappa shape index (κ2) is 6.21. The summed E-state index contributed by atoms with van der Waals surface area (Å²) in [5.74, 6) is -0.490.